The Hall–Kier alpha value is -1.55. The molecule has 2 saturated heterocycles. The minimum atomic E-state index is -0.152. The summed E-state index contributed by atoms with van der Waals surface area (Å²) in [5.41, 5.74) is 3.57. The van der Waals surface area contributed by atoms with E-state index in [9.17, 15) is 5.11 Å². The Morgan fingerprint density at radius 2 is 1.17 bits per heavy atom. The molecule has 0 amide bonds. The van der Waals surface area contributed by atoms with Crippen LogP contribution in [0, 0.1) is 6.92 Å². The maximum absolute atomic E-state index is 10.7. The van der Waals surface area contributed by atoms with Gasteiger partial charge in [0, 0.05) is 53.3 Å². The normalized spacial score (nSPS) is 21.3. The molecule has 3 heterocycles. The fourth-order valence-corrected chi connectivity index (χ4v) is 9.58. The summed E-state index contributed by atoms with van der Waals surface area (Å²) in [5.74, 6) is 2.86. The smallest absolute Gasteiger partial charge is 0.227 e. The van der Waals surface area contributed by atoms with E-state index in [0.29, 0.717) is 18.2 Å². The molecular formula is C37H62N6OS2. The van der Waals surface area contributed by atoms with E-state index in [1.54, 1.807) is 23.5 Å². The van der Waals surface area contributed by atoms with Crippen LogP contribution in [0.25, 0.3) is 0 Å². The van der Waals surface area contributed by atoms with Crippen molar-refractivity contribution in [1.29, 1.82) is 0 Å². The number of nitrogens with one attached hydrogen (secondary N) is 1. The van der Waals surface area contributed by atoms with Crippen LogP contribution >= 0.6 is 23.5 Å². The van der Waals surface area contributed by atoms with Crippen molar-refractivity contribution in [2.24, 2.45) is 0 Å². The number of piperidine rings is 2. The van der Waals surface area contributed by atoms with E-state index in [-0.39, 0.29) is 27.6 Å². The Morgan fingerprint density at radius 3 is 1.59 bits per heavy atom. The van der Waals surface area contributed by atoms with Crippen LogP contribution in [-0.4, -0.2) is 76.6 Å². The van der Waals surface area contributed by atoms with E-state index in [2.05, 4.69) is 97.3 Å². The molecule has 0 saturated carbocycles. The maximum Gasteiger partial charge on any atom is 0.227 e. The average molecular weight is 671 g/mol. The van der Waals surface area contributed by atoms with Gasteiger partial charge in [-0.25, -0.2) is 0 Å². The lowest BCUT2D eigenvalue weighted by Gasteiger charge is -2.53. The first kappa shape index (κ1) is 37.3. The molecule has 46 heavy (non-hydrogen) atoms. The Bertz CT molecular complexity index is 1260. The molecule has 2 aromatic rings. The van der Waals surface area contributed by atoms with Gasteiger partial charge in [0.2, 0.25) is 5.95 Å². The minimum absolute atomic E-state index is 0.152. The molecule has 258 valence electrons. The van der Waals surface area contributed by atoms with Gasteiger partial charge < -0.3 is 10.4 Å². The number of phenols is 1. The topological polar surface area (TPSA) is 77.4 Å². The monoisotopic (exact) mass is 670 g/mol. The number of rotatable bonds is 11. The van der Waals surface area contributed by atoms with Crippen LogP contribution in [0.5, 0.6) is 5.75 Å². The molecule has 0 bridgehead atoms. The molecule has 2 N–H and O–H groups in total. The summed E-state index contributed by atoms with van der Waals surface area (Å²) in [6.07, 6.45) is 7.52. The predicted molar refractivity (Wildman–Crippen MR) is 198 cm³/mol. The first-order valence-corrected chi connectivity index (χ1v) is 19.3. The van der Waals surface area contributed by atoms with Gasteiger partial charge in [-0.3, -0.25) is 9.80 Å². The second kappa shape index (κ2) is 14.1. The van der Waals surface area contributed by atoms with Crippen LogP contribution in [0.4, 0.5) is 5.95 Å². The number of aromatic nitrogens is 3. The van der Waals surface area contributed by atoms with Gasteiger partial charge in [-0.15, -0.1) is 0 Å². The summed E-state index contributed by atoms with van der Waals surface area (Å²) in [4.78, 5) is 20.1. The van der Waals surface area contributed by atoms with Gasteiger partial charge in [0.1, 0.15) is 5.75 Å². The molecule has 2 aliphatic heterocycles. The fourth-order valence-electron chi connectivity index (χ4n) is 8.01. The third-order valence-corrected chi connectivity index (χ3v) is 12.0. The first-order chi connectivity index (χ1) is 21.2. The SMILES string of the molecule is Cc1cc(CNc2nc(SCCN3C(C)(C)CCCC3(C)C)nc(SCCN3C(C)(C)CCCC3(C)C)n2)cc(C(C)(C)C)c1O. The third-order valence-electron chi connectivity index (χ3n) is 10.4. The number of likely N-dealkylation sites (tertiary alicyclic amines) is 2. The number of thioether (sulfide) groups is 2. The van der Waals surface area contributed by atoms with E-state index in [4.69, 9.17) is 15.0 Å². The molecule has 1 aromatic carbocycles. The van der Waals surface area contributed by atoms with Crippen molar-refractivity contribution >= 4 is 29.5 Å². The minimum Gasteiger partial charge on any atom is -0.507 e. The lowest BCUT2D eigenvalue weighted by molar-refractivity contribution is -0.0211. The quantitative estimate of drug-likeness (QED) is 0.228. The van der Waals surface area contributed by atoms with Crippen LogP contribution in [-0.2, 0) is 12.0 Å². The summed E-state index contributed by atoms with van der Waals surface area (Å²) in [6, 6.07) is 4.15. The number of benzene rings is 1. The van der Waals surface area contributed by atoms with Crippen molar-refractivity contribution in [1.82, 2.24) is 24.8 Å². The molecule has 4 rings (SSSR count). The molecule has 2 fully saturated rings. The molecule has 0 spiro atoms. The van der Waals surface area contributed by atoms with Crippen LogP contribution in [0.15, 0.2) is 22.4 Å². The van der Waals surface area contributed by atoms with Crippen molar-refractivity contribution < 1.29 is 5.11 Å². The van der Waals surface area contributed by atoms with Crippen molar-refractivity contribution in [2.75, 3.05) is 29.9 Å². The van der Waals surface area contributed by atoms with Gasteiger partial charge >= 0.3 is 0 Å². The molecule has 1 aromatic heterocycles. The fraction of sp³-hybridized carbons (Fsp3) is 0.757. The Labute approximate surface area is 288 Å². The largest absolute Gasteiger partial charge is 0.507 e. The number of hydrogen-bond donors (Lipinski definition) is 2. The van der Waals surface area contributed by atoms with E-state index in [1.807, 2.05) is 13.0 Å². The number of hydrogen-bond acceptors (Lipinski definition) is 9. The zero-order chi connectivity index (χ0) is 34.1. The molecule has 2 aliphatic rings. The van der Waals surface area contributed by atoms with E-state index < -0.39 is 0 Å². The van der Waals surface area contributed by atoms with E-state index in [0.717, 1.165) is 51.6 Å². The van der Waals surface area contributed by atoms with Gasteiger partial charge in [-0.2, -0.15) is 15.0 Å². The molecule has 7 nitrogen and oxygen atoms in total. The van der Waals surface area contributed by atoms with Gasteiger partial charge in [-0.1, -0.05) is 50.4 Å². The molecule has 0 atom stereocenters. The summed E-state index contributed by atoms with van der Waals surface area (Å²) >= 11 is 3.47. The summed E-state index contributed by atoms with van der Waals surface area (Å²) in [5, 5.41) is 15.8. The summed E-state index contributed by atoms with van der Waals surface area (Å²) in [6.45, 7) is 30.1. The number of aryl methyl sites for hydroxylation is 1. The van der Waals surface area contributed by atoms with Gasteiger partial charge in [0.05, 0.1) is 0 Å². The van der Waals surface area contributed by atoms with Crippen LogP contribution < -0.4 is 5.32 Å². The molecular weight excluding hydrogens is 609 g/mol. The van der Waals surface area contributed by atoms with Gasteiger partial charge in [0.15, 0.2) is 10.3 Å². The maximum atomic E-state index is 10.7. The second-order valence-electron chi connectivity index (χ2n) is 17.1. The lowest BCUT2D eigenvalue weighted by atomic mass is 9.80. The van der Waals surface area contributed by atoms with Crippen molar-refractivity contribution in [3.8, 4) is 5.75 Å². The van der Waals surface area contributed by atoms with Crippen LogP contribution in [0.1, 0.15) is 131 Å². The second-order valence-corrected chi connectivity index (χ2v) is 19.2. The van der Waals surface area contributed by atoms with Crippen molar-refractivity contribution in [3.05, 3.63) is 28.8 Å². The molecule has 9 heteroatoms. The Morgan fingerprint density at radius 1 is 0.739 bits per heavy atom. The van der Waals surface area contributed by atoms with Crippen LogP contribution in [0.2, 0.25) is 0 Å². The Balaban J connectivity index is 1.52. The van der Waals surface area contributed by atoms with Gasteiger partial charge in [0.25, 0.3) is 0 Å². The molecule has 0 aliphatic carbocycles. The highest BCUT2D eigenvalue weighted by Crippen LogP contribution is 2.40. The van der Waals surface area contributed by atoms with Gasteiger partial charge in [-0.05, 0) is 129 Å². The van der Waals surface area contributed by atoms with E-state index >= 15 is 0 Å². The lowest BCUT2D eigenvalue weighted by Crippen LogP contribution is -2.59. The zero-order valence-corrected chi connectivity index (χ0v) is 32.6. The highest BCUT2D eigenvalue weighted by molar-refractivity contribution is 7.99. The highest BCUT2D eigenvalue weighted by atomic mass is 32.2. The van der Waals surface area contributed by atoms with Crippen molar-refractivity contribution in [2.45, 2.75) is 166 Å². The van der Waals surface area contributed by atoms with Crippen LogP contribution in [0.3, 0.4) is 0 Å². The third kappa shape index (κ3) is 9.12. The van der Waals surface area contributed by atoms with E-state index in [1.165, 1.54) is 38.5 Å². The standard InChI is InChI=1S/C37H62N6OS2/c1-26-23-27(24-28(29(26)44)33(2,3)4)25-38-30-39-31(45-21-19-42-34(5,6)15-13-16-35(42,7)8)41-32(40-30)46-22-20-43-36(9,10)17-14-18-37(43,11)12/h23-24,44H,13-22,25H2,1-12H3,(H,38,39,40,41). The summed E-state index contributed by atoms with van der Waals surface area (Å²) < 4.78 is 0. The highest BCUT2D eigenvalue weighted by Gasteiger charge is 2.41. The number of anilines is 1. The zero-order valence-electron chi connectivity index (χ0n) is 30.9. The number of aromatic hydroxyl groups is 1. The summed E-state index contributed by atoms with van der Waals surface area (Å²) in [7, 11) is 0. The molecule has 0 radical (unpaired) electrons. The molecule has 0 unspecified atom stereocenters. The first-order valence-electron chi connectivity index (χ1n) is 17.4. The number of nitrogens with zero attached hydrogens (tertiary/aromatic N) is 5. The Kier molecular flexibility index (Phi) is 11.4. The predicted octanol–water partition coefficient (Wildman–Crippen LogP) is 9.07. The number of phenolic OH excluding ortho intramolecular Hbond substituents is 1. The average Bonchev–Trinajstić information content (AvgIpc) is 2.91. The van der Waals surface area contributed by atoms with Crippen molar-refractivity contribution in [3.63, 3.8) is 0 Å².